The molecule has 15 heavy (non-hydrogen) atoms. The van der Waals surface area contributed by atoms with Gasteiger partial charge < -0.3 is 13.9 Å². The van der Waals surface area contributed by atoms with Gasteiger partial charge in [-0.15, -0.1) is 0 Å². The highest BCUT2D eigenvalue weighted by Crippen LogP contribution is 2.10. The first-order chi connectivity index (χ1) is 7.19. The molecule has 1 heterocycles. The summed E-state index contributed by atoms with van der Waals surface area (Å²) in [5, 5.41) is 0. The summed E-state index contributed by atoms with van der Waals surface area (Å²) in [7, 11) is 0. The van der Waals surface area contributed by atoms with Crippen LogP contribution in [0.3, 0.4) is 0 Å². The Hall–Kier alpha value is -1.78. The molecule has 1 rings (SSSR count). The highest BCUT2D eigenvalue weighted by Gasteiger charge is 2.16. The van der Waals surface area contributed by atoms with Crippen LogP contribution in [0.2, 0.25) is 0 Å². The van der Waals surface area contributed by atoms with Crippen molar-refractivity contribution in [3.63, 3.8) is 0 Å². The van der Waals surface area contributed by atoms with Crippen LogP contribution < -0.4 is 0 Å². The smallest absolute Gasteiger partial charge is 0.374 e. The van der Waals surface area contributed by atoms with E-state index in [2.05, 4.69) is 0 Å². The fourth-order valence-electron chi connectivity index (χ4n) is 0.962. The maximum absolute atomic E-state index is 11.2. The van der Waals surface area contributed by atoms with Crippen LogP contribution in [0, 0.1) is 0 Å². The predicted molar refractivity (Wildman–Crippen MR) is 50.6 cm³/mol. The zero-order chi connectivity index (χ0) is 11.3. The maximum atomic E-state index is 11.2. The molecule has 0 amide bonds. The predicted octanol–water partition coefficient (Wildman–Crippen LogP) is 1.63. The number of esters is 2. The lowest BCUT2D eigenvalue weighted by molar-refractivity contribution is 0.0456. The van der Waals surface area contributed by atoms with Crippen LogP contribution in [-0.2, 0) is 9.47 Å². The molecule has 0 radical (unpaired) electrons. The van der Waals surface area contributed by atoms with Gasteiger partial charge in [0.15, 0.2) is 0 Å². The molecule has 0 N–H and O–H groups in total. The van der Waals surface area contributed by atoms with Crippen LogP contribution in [0.15, 0.2) is 16.5 Å². The molecule has 0 aliphatic carbocycles. The normalized spacial score (nSPS) is 9.73. The molecular formula is C10H12O5. The van der Waals surface area contributed by atoms with Gasteiger partial charge in [0.2, 0.25) is 11.5 Å². The third-order valence-corrected chi connectivity index (χ3v) is 1.56. The van der Waals surface area contributed by atoms with E-state index in [1.165, 1.54) is 12.1 Å². The minimum absolute atomic E-state index is 0.0000898. The van der Waals surface area contributed by atoms with Gasteiger partial charge in [-0.2, -0.15) is 0 Å². The van der Waals surface area contributed by atoms with Crippen LogP contribution >= 0.6 is 0 Å². The van der Waals surface area contributed by atoms with Crippen LogP contribution in [0.25, 0.3) is 0 Å². The fourth-order valence-corrected chi connectivity index (χ4v) is 0.962. The second-order valence-corrected chi connectivity index (χ2v) is 2.60. The molecule has 5 heteroatoms. The van der Waals surface area contributed by atoms with Crippen molar-refractivity contribution in [3.05, 3.63) is 23.7 Å². The molecule has 82 valence electrons. The number of carbonyl (C=O) groups excluding carboxylic acids is 2. The minimum Gasteiger partial charge on any atom is -0.460 e. The Bertz CT molecular complexity index is 320. The molecule has 0 aromatic carbocycles. The highest BCUT2D eigenvalue weighted by atomic mass is 16.6. The average Bonchev–Trinajstić information content (AvgIpc) is 2.67. The molecule has 0 spiro atoms. The summed E-state index contributed by atoms with van der Waals surface area (Å²) in [6, 6.07) is 2.76. The van der Waals surface area contributed by atoms with Crippen molar-refractivity contribution in [3.8, 4) is 0 Å². The molecule has 5 nitrogen and oxygen atoms in total. The Balaban J connectivity index is 2.71. The van der Waals surface area contributed by atoms with Crippen LogP contribution in [0.1, 0.15) is 35.0 Å². The molecule has 0 bridgehead atoms. The van der Waals surface area contributed by atoms with Gasteiger partial charge >= 0.3 is 11.9 Å². The van der Waals surface area contributed by atoms with Gasteiger partial charge in [-0.25, -0.2) is 9.59 Å². The van der Waals surface area contributed by atoms with E-state index in [1.807, 2.05) is 0 Å². The Morgan fingerprint density at radius 1 is 1.07 bits per heavy atom. The van der Waals surface area contributed by atoms with E-state index < -0.39 is 11.9 Å². The first-order valence-corrected chi connectivity index (χ1v) is 4.63. The molecule has 0 saturated heterocycles. The number of carbonyl (C=O) groups is 2. The van der Waals surface area contributed by atoms with Crippen molar-refractivity contribution < 1.29 is 23.5 Å². The monoisotopic (exact) mass is 212 g/mol. The summed E-state index contributed by atoms with van der Waals surface area (Å²) < 4.78 is 14.4. The van der Waals surface area contributed by atoms with Gasteiger partial charge in [0.25, 0.3) is 0 Å². The fraction of sp³-hybridized carbons (Fsp3) is 0.400. The number of ether oxygens (including phenoxy) is 2. The van der Waals surface area contributed by atoms with Crippen molar-refractivity contribution >= 4 is 11.9 Å². The summed E-state index contributed by atoms with van der Waals surface area (Å²) in [6.07, 6.45) is 0. The number of rotatable bonds is 4. The van der Waals surface area contributed by atoms with Gasteiger partial charge in [0, 0.05) is 0 Å². The Morgan fingerprint density at radius 2 is 1.47 bits per heavy atom. The van der Waals surface area contributed by atoms with E-state index in [-0.39, 0.29) is 24.7 Å². The second kappa shape index (κ2) is 5.19. The molecule has 0 aliphatic heterocycles. The molecular weight excluding hydrogens is 200 g/mol. The maximum Gasteiger partial charge on any atom is 0.374 e. The van der Waals surface area contributed by atoms with E-state index in [1.54, 1.807) is 13.8 Å². The largest absolute Gasteiger partial charge is 0.460 e. The molecule has 0 fully saturated rings. The lowest BCUT2D eigenvalue weighted by Crippen LogP contribution is -2.04. The van der Waals surface area contributed by atoms with Gasteiger partial charge in [0.05, 0.1) is 13.2 Å². The molecule has 0 atom stereocenters. The Kier molecular flexibility index (Phi) is 3.91. The topological polar surface area (TPSA) is 65.7 Å². The van der Waals surface area contributed by atoms with Crippen LogP contribution in [-0.4, -0.2) is 25.2 Å². The van der Waals surface area contributed by atoms with Crippen molar-refractivity contribution in [1.29, 1.82) is 0 Å². The first kappa shape index (κ1) is 11.3. The zero-order valence-corrected chi connectivity index (χ0v) is 8.61. The second-order valence-electron chi connectivity index (χ2n) is 2.60. The summed E-state index contributed by atoms with van der Waals surface area (Å²) >= 11 is 0. The van der Waals surface area contributed by atoms with Gasteiger partial charge in [0.1, 0.15) is 0 Å². The quantitative estimate of drug-likeness (QED) is 0.709. The Labute approximate surface area is 87.0 Å². The summed E-state index contributed by atoms with van der Waals surface area (Å²) in [6.45, 7) is 3.89. The number of furan rings is 1. The number of hydrogen-bond acceptors (Lipinski definition) is 5. The van der Waals surface area contributed by atoms with Crippen molar-refractivity contribution in [2.45, 2.75) is 13.8 Å². The zero-order valence-electron chi connectivity index (χ0n) is 8.61. The van der Waals surface area contributed by atoms with E-state index in [4.69, 9.17) is 13.9 Å². The molecule has 0 unspecified atom stereocenters. The lowest BCUT2D eigenvalue weighted by atomic mass is 10.4. The summed E-state index contributed by atoms with van der Waals surface area (Å²) in [5.41, 5.74) is 0. The molecule has 1 aromatic rings. The third kappa shape index (κ3) is 2.83. The summed E-state index contributed by atoms with van der Waals surface area (Å²) in [4.78, 5) is 22.3. The van der Waals surface area contributed by atoms with Crippen molar-refractivity contribution in [2.75, 3.05) is 13.2 Å². The van der Waals surface area contributed by atoms with E-state index in [0.717, 1.165) is 0 Å². The van der Waals surface area contributed by atoms with E-state index in [9.17, 15) is 9.59 Å². The van der Waals surface area contributed by atoms with Crippen molar-refractivity contribution in [1.82, 2.24) is 0 Å². The minimum atomic E-state index is -0.590. The van der Waals surface area contributed by atoms with Crippen molar-refractivity contribution in [2.24, 2.45) is 0 Å². The number of hydrogen-bond donors (Lipinski definition) is 0. The van der Waals surface area contributed by atoms with Gasteiger partial charge in [-0.3, -0.25) is 0 Å². The highest BCUT2D eigenvalue weighted by molar-refractivity contribution is 5.90. The molecule has 0 saturated carbocycles. The summed E-state index contributed by atoms with van der Waals surface area (Å²) in [5.74, 6) is -1.18. The Morgan fingerprint density at radius 3 is 1.80 bits per heavy atom. The standard InChI is InChI=1S/C10H12O5/c1-3-13-9(11)7-5-6-8(15-7)10(12)14-4-2/h5-6H,3-4H2,1-2H3. The SMILES string of the molecule is CCOC(=O)c1ccc(C(=O)OCC)o1. The van der Waals surface area contributed by atoms with Crippen LogP contribution in [0.4, 0.5) is 0 Å². The van der Waals surface area contributed by atoms with E-state index in [0.29, 0.717) is 0 Å². The molecule has 0 aliphatic rings. The van der Waals surface area contributed by atoms with Crippen LogP contribution in [0.5, 0.6) is 0 Å². The van der Waals surface area contributed by atoms with Gasteiger partial charge in [-0.1, -0.05) is 0 Å². The third-order valence-electron chi connectivity index (χ3n) is 1.56. The lowest BCUT2D eigenvalue weighted by Gasteiger charge is -1.98. The van der Waals surface area contributed by atoms with Gasteiger partial charge in [-0.05, 0) is 26.0 Å². The van der Waals surface area contributed by atoms with E-state index >= 15 is 0 Å². The molecule has 1 aromatic heterocycles. The first-order valence-electron chi connectivity index (χ1n) is 4.63. The average molecular weight is 212 g/mol.